The number of rotatable bonds is 32. The Morgan fingerprint density at radius 3 is 0.791 bits per heavy atom. The Kier molecular flexibility index (Phi) is 43.3. The van der Waals surface area contributed by atoms with Crippen LogP contribution in [-0.4, -0.2) is 255 Å². The lowest BCUT2D eigenvalue weighted by atomic mass is 9.83. The topological polar surface area (TPSA) is 471 Å². The molecule has 4 saturated carbocycles. The van der Waals surface area contributed by atoms with E-state index in [1.807, 2.05) is 143 Å². The molecule has 5 saturated heterocycles. The molecule has 9 rings (SSSR count). The number of alkyl carbamates (subject to hydrolysis) is 1. The molecule has 4 aliphatic carbocycles. The fourth-order valence-corrected chi connectivity index (χ4v) is 24.9. The summed E-state index contributed by atoms with van der Waals surface area (Å²) in [5, 5.41) is 18.8. The van der Waals surface area contributed by atoms with Crippen molar-refractivity contribution in [1.82, 2.24) is 59.0 Å². The smallest absolute Gasteiger partial charge is 0.408 e. The van der Waals surface area contributed by atoms with Crippen molar-refractivity contribution in [2.45, 2.75) is 298 Å². The zero-order valence-corrected chi connectivity index (χ0v) is 95.5. The summed E-state index contributed by atoms with van der Waals surface area (Å²) < 4.78 is 82.6. The third kappa shape index (κ3) is 31.0. The van der Waals surface area contributed by atoms with E-state index in [1.165, 1.54) is 4.90 Å². The second-order valence-electron chi connectivity index (χ2n) is 46.6. The number of carbonyl (C=O) groups is 14. The zero-order chi connectivity index (χ0) is 108. The number of ether oxygens (including phenoxy) is 1. The lowest BCUT2D eigenvalue weighted by molar-refractivity contribution is -0.143. The van der Waals surface area contributed by atoms with Gasteiger partial charge in [0, 0.05) is 70.9 Å². The molecular formula is C98H170N12O22P4S3. The molecule has 9 fully saturated rings. The Balaban J connectivity index is 0.000000367. The molecule has 5 heterocycles. The maximum absolute atomic E-state index is 13.9. The highest BCUT2D eigenvalue weighted by Gasteiger charge is 2.66. The molecule has 9 unspecified atom stereocenters. The van der Waals surface area contributed by atoms with E-state index in [0.29, 0.717) is 63.7 Å². The van der Waals surface area contributed by atoms with E-state index in [9.17, 15) is 92.4 Å². The van der Waals surface area contributed by atoms with E-state index in [2.05, 4.69) is 112 Å². The van der Waals surface area contributed by atoms with Crippen LogP contribution in [0.5, 0.6) is 0 Å². The number of amides is 8. The summed E-state index contributed by atoms with van der Waals surface area (Å²) in [6, 6.07) is -4.58. The van der Waals surface area contributed by atoms with E-state index < -0.39 is 123 Å². The first-order valence-corrected chi connectivity index (χ1v) is 55.9. The Morgan fingerprint density at radius 2 is 0.590 bits per heavy atom. The second kappa shape index (κ2) is 48.0. The van der Waals surface area contributed by atoms with E-state index in [4.69, 9.17) is 9.84 Å². The fraction of sp³-hybridized carbons (Fsp3) is 0.776. The van der Waals surface area contributed by atoms with Gasteiger partial charge in [0.1, 0.15) is 17.4 Å². The molecule has 8 amide bonds. The molecule has 792 valence electrons. The minimum atomic E-state index is -3.81. The fourth-order valence-electron chi connectivity index (χ4n) is 20.6. The van der Waals surface area contributed by atoms with Gasteiger partial charge in [-0.05, 0) is 165 Å². The van der Waals surface area contributed by atoms with Crippen LogP contribution in [0.25, 0.3) is 0 Å². The van der Waals surface area contributed by atoms with Gasteiger partial charge in [0.15, 0.2) is 28.9 Å². The van der Waals surface area contributed by atoms with Crippen LogP contribution in [0.3, 0.4) is 0 Å². The molecule has 0 radical (unpaired) electrons. The van der Waals surface area contributed by atoms with Gasteiger partial charge in [0.2, 0.25) is 71.4 Å². The number of aliphatic hydroxyl groups is 1. The van der Waals surface area contributed by atoms with E-state index in [0.717, 1.165) is 32.4 Å². The standard InChI is InChI=1S/C26H43N3O7S.C21H36N3O5PS.C21H35N2O3P.C15H25N2O4PS.C14H27N2O2P.CH4O/c1-11-17-12-26(17,22(32)28-37(10,34)35)13-18(30)19-16(3)15(2)14-29(19)21(31)20(24(4,5)6)27-23(33)36-25(7,8)9;1-8-14-9-21(14,19(27)23-31(7,28)29)10-15(25)16-13(3)12(2)11-24(16)18(26)17(22-30)20(4,5)6;1-8-15-9-21(15,14(4)24)10-16(25)17-13(3)12(2)11-23(17)19(26)18(22-27)20(5,6)7;1-5-11-6-15(11,14(19)16-23(4,20)21)7-12(18)13-10(3)9(2)8-17(13)22;1-8-7-16(11(9(8)2)10(3)17)13(18)12(15-19)14(4,5)6;1-2/h11,15-17,19-20H,1,12-14H2,2-10H3,(H,27,33)(H,28,32);8,12-14,16-17,22H,1,9-11,30H2,2-7H3,(H,23,27);8,12-13,15,17-18,22H,1,9-11,27H2,2-7H3;5,9-11,13H,1,6-8,22H2,2-4H3,(H,16,19);8-9,11-12,15H,7,19H2,1-6H3;2H,1H3/t15-,16?,17+,19-,20+,26+;12-,13?,14+,16-,17+,21+;12-,13?,15+,17-,18+,21-;9-,10?,11+,13-,15+;8-,9?,11-,12+;/m00000./s1. The molecule has 0 bridgehead atoms. The Morgan fingerprint density at radius 1 is 0.374 bits per heavy atom. The van der Waals surface area contributed by atoms with Gasteiger partial charge in [-0.2, -0.15) is 0 Å². The number of likely N-dealkylation sites (tertiary alicyclic amines) is 4. The summed E-state index contributed by atoms with van der Waals surface area (Å²) >= 11 is 0. The average molecular weight is 2090 g/mol. The third-order valence-electron chi connectivity index (χ3n) is 30.1. The lowest BCUT2D eigenvalue weighted by Crippen LogP contribution is -2.58. The quantitative estimate of drug-likeness (QED) is 0.0229. The van der Waals surface area contributed by atoms with Gasteiger partial charge in [0.25, 0.3) is 0 Å². The van der Waals surface area contributed by atoms with Crippen LogP contribution < -0.4 is 34.7 Å². The highest BCUT2D eigenvalue weighted by atomic mass is 32.2. The number of nitrogens with one attached hydrogen (secondary N) is 7. The van der Waals surface area contributed by atoms with Crippen molar-refractivity contribution in [3.8, 4) is 0 Å². The van der Waals surface area contributed by atoms with Gasteiger partial charge in [-0.15, -0.1) is 26.3 Å². The van der Waals surface area contributed by atoms with Crippen molar-refractivity contribution in [2.24, 2.45) is 126 Å². The highest BCUT2D eigenvalue weighted by Crippen LogP contribution is 2.61. The average Bonchev–Trinajstić information content (AvgIpc) is 1.56. The number of Topliss-reactive ketones (excluding diaryl/α,β-unsaturated/α-hetero) is 6. The number of hydrogen-bond donors (Lipinski definition) is 8. The minimum Gasteiger partial charge on any atom is -0.444 e. The molecule has 5 aliphatic heterocycles. The summed E-state index contributed by atoms with van der Waals surface area (Å²) in [5.74, 6) is -2.28. The van der Waals surface area contributed by atoms with Crippen molar-refractivity contribution in [3.05, 3.63) is 50.6 Å². The number of sulfonamides is 3. The number of hydrogen-bond acceptors (Lipinski definition) is 26. The van der Waals surface area contributed by atoms with Crippen LogP contribution >= 0.6 is 37.6 Å². The van der Waals surface area contributed by atoms with Crippen LogP contribution in [0.4, 0.5) is 4.79 Å². The van der Waals surface area contributed by atoms with Crippen LogP contribution in [-0.2, 0) is 97.1 Å². The maximum atomic E-state index is 13.9. The predicted octanol–water partition coefficient (Wildman–Crippen LogP) is 9.55. The molecule has 0 spiro atoms. The van der Waals surface area contributed by atoms with Crippen LogP contribution in [0, 0.1) is 126 Å². The molecule has 41 heteroatoms. The first kappa shape index (κ1) is 125. The van der Waals surface area contributed by atoms with Gasteiger partial charge in [-0.1, -0.05) is 214 Å². The predicted molar refractivity (Wildman–Crippen MR) is 555 cm³/mol. The second-order valence-corrected chi connectivity index (χ2v) is 53.5. The van der Waals surface area contributed by atoms with Crippen LogP contribution in [0.2, 0.25) is 0 Å². The summed E-state index contributed by atoms with van der Waals surface area (Å²) in [4.78, 5) is 188. The van der Waals surface area contributed by atoms with Crippen molar-refractivity contribution in [3.63, 3.8) is 0 Å². The van der Waals surface area contributed by atoms with Gasteiger partial charge >= 0.3 is 6.09 Å². The summed E-state index contributed by atoms with van der Waals surface area (Å²) in [7, 11) is -0.361. The van der Waals surface area contributed by atoms with Gasteiger partial charge in [-0.25, -0.2) is 30.0 Å². The number of aliphatic hydroxyl groups excluding tert-OH is 1. The number of allylic oxidation sites excluding steroid dienone is 4. The molecule has 0 aromatic carbocycles. The Bertz CT molecular complexity index is 4940. The van der Waals surface area contributed by atoms with Gasteiger partial charge < -0.3 is 34.8 Å². The van der Waals surface area contributed by atoms with Gasteiger partial charge in [-0.3, -0.25) is 96.4 Å². The monoisotopic (exact) mass is 2090 g/mol. The first-order valence-electron chi connectivity index (χ1n) is 48.0. The van der Waals surface area contributed by atoms with E-state index >= 15 is 0 Å². The van der Waals surface area contributed by atoms with Crippen molar-refractivity contribution in [1.29, 1.82) is 0 Å². The molecule has 0 aromatic heterocycles. The summed E-state index contributed by atoms with van der Waals surface area (Å²) in [5.41, 5.74) is -6.13. The largest absolute Gasteiger partial charge is 0.444 e. The molecule has 139 heavy (non-hydrogen) atoms. The third-order valence-corrected chi connectivity index (χ3v) is 33.3. The highest BCUT2D eigenvalue weighted by molar-refractivity contribution is 7.89. The summed E-state index contributed by atoms with van der Waals surface area (Å²) in [6.45, 7) is 69.7. The van der Waals surface area contributed by atoms with Crippen molar-refractivity contribution in [2.75, 3.05) is 58.6 Å². The molecule has 9 aliphatic rings. The minimum absolute atomic E-state index is 0.00440. The lowest BCUT2D eigenvalue weighted by Gasteiger charge is -2.36. The summed E-state index contributed by atoms with van der Waals surface area (Å²) in [6.07, 6.45) is 10.3. The van der Waals surface area contributed by atoms with Crippen LogP contribution in [0.15, 0.2) is 50.6 Å². The van der Waals surface area contributed by atoms with Crippen molar-refractivity contribution < 1.29 is 102 Å². The maximum Gasteiger partial charge on any atom is 0.408 e. The first-order chi connectivity index (χ1) is 63.2. The number of ketones is 6. The normalized spacial score (nSPS) is 31.6. The van der Waals surface area contributed by atoms with Crippen LogP contribution in [0.1, 0.15) is 238 Å². The molecule has 34 nitrogen and oxygen atoms in total. The molecule has 8 N–H and O–H groups in total. The zero-order valence-electron chi connectivity index (χ0n) is 88.4. The molecule has 31 atom stereocenters. The number of carbonyl (C=O) groups excluding carboxylic acids is 14. The van der Waals surface area contributed by atoms with E-state index in [-0.39, 0.29) is 190 Å². The number of nitrogens with zero attached hydrogens (tertiary/aromatic N) is 5. The Labute approximate surface area is 839 Å². The molecular weight excluding hydrogens is 1920 g/mol. The van der Waals surface area contributed by atoms with Gasteiger partial charge in [0.05, 0.1) is 83.3 Å². The van der Waals surface area contributed by atoms with Crippen molar-refractivity contribution >= 4 is 150 Å². The van der Waals surface area contributed by atoms with E-state index in [1.54, 1.807) is 73.6 Å². The molecule has 0 aromatic rings. The SMILES string of the molecule is C=C[C@@H]1C[C@]1(CC(=O)[C@@H]1C(C)[C@@H](C)CN1C(=O)[C@@H](NC(=O)OC(C)(C)C)C(C)(C)C)C(=O)NS(C)(=O)=O.C=C[C@@H]1C[C@]1(CC(=O)[C@@H]1C(C)[C@@H](C)CN1C(=O)[C@@H](NP)C(C)(C)C)C(=O)NS(C)(=O)=O.C=C[C@@H]1C[C@]1(CC(=O)[C@@H]1C(C)[C@@H](C)CN1C(=O)[C@@H](NP)C(C)(C)C)C(C)=O.C=C[C@@H]1C[C@]1(CC(=O)[C@@H]1C(C)[C@@H](C)CN1P)C(=O)NS(C)(=O)=O.CC(=O)[C@@H]1C(C)[C@@H](C)CN1C(=O)[C@@H](NP)C(C)(C)C.CO. The Hall–Kier alpha value is -6.09.